The Morgan fingerprint density at radius 1 is 1.09 bits per heavy atom. The van der Waals surface area contributed by atoms with Gasteiger partial charge in [0, 0.05) is 26.2 Å². The van der Waals surface area contributed by atoms with Crippen LogP contribution >= 0.6 is 0 Å². The van der Waals surface area contributed by atoms with Crippen LogP contribution < -0.4 is 5.32 Å². The first kappa shape index (κ1) is 23.0. The molecule has 9 nitrogen and oxygen atoms in total. The number of nitrogens with zero attached hydrogens (tertiary/aromatic N) is 3. The summed E-state index contributed by atoms with van der Waals surface area (Å²) in [5.41, 5.74) is 4.78. The molecule has 0 fully saturated rings. The standard InChI is InChI=1S/C25H26N4O5/c1-15(24(31)32)28(2)23(30)22(21-12-13-26-29(21)3)27-25(33)34-14-20-18-10-6-4-8-16(18)17-9-5-7-11-19(17)20/h4-13,15,20,22H,14H2,1-3H3,(H,27,33)(H,31,32)/t15-,22?/m0/s1. The summed E-state index contributed by atoms with van der Waals surface area (Å²) >= 11 is 0. The molecule has 2 amide bonds. The lowest BCUT2D eigenvalue weighted by atomic mass is 9.98. The number of alkyl carbamates (subject to hydrolysis) is 1. The lowest BCUT2D eigenvalue weighted by Gasteiger charge is -2.27. The van der Waals surface area contributed by atoms with E-state index >= 15 is 0 Å². The van der Waals surface area contributed by atoms with Gasteiger partial charge in [0.2, 0.25) is 0 Å². The van der Waals surface area contributed by atoms with Crippen molar-refractivity contribution in [2.24, 2.45) is 7.05 Å². The molecule has 1 unspecified atom stereocenters. The molecule has 2 N–H and O–H groups in total. The molecule has 0 aliphatic heterocycles. The molecule has 0 radical (unpaired) electrons. The highest BCUT2D eigenvalue weighted by molar-refractivity contribution is 5.89. The smallest absolute Gasteiger partial charge is 0.408 e. The molecule has 1 aliphatic carbocycles. The van der Waals surface area contributed by atoms with Gasteiger partial charge in [-0.2, -0.15) is 5.10 Å². The van der Waals surface area contributed by atoms with Gasteiger partial charge in [-0.25, -0.2) is 9.59 Å². The first-order valence-electron chi connectivity index (χ1n) is 10.9. The number of carbonyl (C=O) groups excluding carboxylic acids is 2. The van der Waals surface area contributed by atoms with Gasteiger partial charge in [0.1, 0.15) is 12.6 Å². The van der Waals surface area contributed by atoms with Crippen LogP contribution in [0.15, 0.2) is 60.8 Å². The zero-order valence-electron chi connectivity index (χ0n) is 19.1. The van der Waals surface area contributed by atoms with Crippen molar-refractivity contribution in [3.05, 3.63) is 77.6 Å². The second-order valence-corrected chi connectivity index (χ2v) is 8.25. The van der Waals surface area contributed by atoms with Crippen molar-refractivity contribution >= 4 is 18.0 Å². The molecule has 0 spiro atoms. The van der Waals surface area contributed by atoms with Crippen molar-refractivity contribution in [2.45, 2.75) is 24.9 Å². The van der Waals surface area contributed by atoms with Crippen LogP contribution in [0, 0.1) is 0 Å². The van der Waals surface area contributed by atoms with Gasteiger partial charge in [-0.1, -0.05) is 48.5 Å². The number of aryl methyl sites for hydroxylation is 1. The van der Waals surface area contributed by atoms with Crippen molar-refractivity contribution in [2.75, 3.05) is 13.7 Å². The maximum Gasteiger partial charge on any atom is 0.408 e. The monoisotopic (exact) mass is 462 g/mol. The molecule has 34 heavy (non-hydrogen) atoms. The summed E-state index contributed by atoms with van der Waals surface area (Å²) in [5, 5.41) is 16.0. The average Bonchev–Trinajstić information content (AvgIpc) is 3.40. The van der Waals surface area contributed by atoms with E-state index in [1.54, 1.807) is 13.1 Å². The van der Waals surface area contributed by atoms with Crippen molar-refractivity contribution in [1.82, 2.24) is 20.0 Å². The van der Waals surface area contributed by atoms with E-state index in [1.807, 2.05) is 48.5 Å². The van der Waals surface area contributed by atoms with E-state index in [1.165, 1.54) is 24.9 Å². The van der Waals surface area contributed by atoms with Crippen LogP contribution in [0.1, 0.15) is 35.7 Å². The van der Waals surface area contributed by atoms with Crippen molar-refractivity contribution in [1.29, 1.82) is 0 Å². The molecule has 2 atom stereocenters. The van der Waals surface area contributed by atoms with Gasteiger partial charge in [-0.05, 0) is 35.2 Å². The third-order valence-electron chi connectivity index (χ3n) is 6.29. The van der Waals surface area contributed by atoms with Crippen LogP contribution in [0.2, 0.25) is 0 Å². The fourth-order valence-electron chi connectivity index (χ4n) is 4.25. The topological polar surface area (TPSA) is 114 Å². The number of benzene rings is 2. The van der Waals surface area contributed by atoms with Crippen molar-refractivity contribution < 1.29 is 24.2 Å². The number of nitrogens with one attached hydrogen (secondary N) is 1. The average molecular weight is 463 g/mol. The number of fused-ring (bicyclic) bond motifs is 3. The van der Waals surface area contributed by atoms with Crippen LogP contribution in [-0.2, 0) is 21.4 Å². The van der Waals surface area contributed by atoms with Gasteiger partial charge < -0.3 is 20.1 Å². The molecule has 4 rings (SSSR count). The molecule has 9 heteroatoms. The van der Waals surface area contributed by atoms with Gasteiger partial charge >= 0.3 is 12.1 Å². The predicted octanol–water partition coefficient (Wildman–Crippen LogP) is 2.93. The van der Waals surface area contributed by atoms with Gasteiger partial charge in [-0.3, -0.25) is 9.48 Å². The van der Waals surface area contributed by atoms with Crippen LogP contribution in [0.5, 0.6) is 0 Å². The number of hydrogen-bond acceptors (Lipinski definition) is 5. The highest BCUT2D eigenvalue weighted by atomic mass is 16.5. The van der Waals surface area contributed by atoms with Crippen molar-refractivity contribution in [3.63, 3.8) is 0 Å². The maximum absolute atomic E-state index is 13.1. The highest BCUT2D eigenvalue weighted by Gasteiger charge is 2.34. The molecule has 0 saturated carbocycles. The van der Waals surface area contributed by atoms with E-state index in [0.717, 1.165) is 27.2 Å². The minimum Gasteiger partial charge on any atom is -0.480 e. The van der Waals surface area contributed by atoms with Gasteiger partial charge in [0.05, 0.1) is 5.69 Å². The van der Waals surface area contributed by atoms with Crippen LogP contribution in [0.25, 0.3) is 11.1 Å². The summed E-state index contributed by atoms with van der Waals surface area (Å²) in [4.78, 5) is 38.4. The van der Waals surface area contributed by atoms with Crippen LogP contribution in [-0.4, -0.2) is 57.5 Å². The SMILES string of the molecule is C[C@@H](C(=O)O)N(C)C(=O)C(NC(=O)OCC1c2ccccc2-c2ccccc21)c1ccnn1C. The number of carboxylic acid groups (broad SMARTS) is 1. The maximum atomic E-state index is 13.1. The number of aromatic nitrogens is 2. The Labute approximate surface area is 196 Å². The fourth-order valence-corrected chi connectivity index (χ4v) is 4.25. The molecular formula is C25H26N4O5. The number of carboxylic acids is 1. The Balaban J connectivity index is 1.51. The molecule has 3 aromatic rings. The Hall–Kier alpha value is -4.14. The van der Waals surface area contributed by atoms with Crippen molar-refractivity contribution in [3.8, 4) is 11.1 Å². The summed E-state index contributed by atoms with van der Waals surface area (Å²) in [6.45, 7) is 1.49. The predicted molar refractivity (Wildman–Crippen MR) is 124 cm³/mol. The first-order valence-corrected chi connectivity index (χ1v) is 10.9. The molecular weight excluding hydrogens is 436 g/mol. The number of ether oxygens (including phenoxy) is 1. The minimum absolute atomic E-state index is 0.0908. The van der Waals surface area contributed by atoms with E-state index in [2.05, 4.69) is 10.4 Å². The minimum atomic E-state index is -1.16. The zero-order chi connectivity index (χ0) is 24.4. The van der Waals surface area contributed by atoms with Crippen LogP contribution in [0.4, 0.5) is 4.79 Å². The third kappa shape index (κ3) is 4.24. The molecule has 176 valence electrons. The van der Waals surface area contributed by atoms with E-state index in [-0.39, 0.29) is 12.5 Å². The summed E-state index contributed by atoms with van der Waals surface area (Å²) in [7, 11) is 3.01. The number of aliphatic carboxylic acids is 1. The molecule has 1 heterocycles. The van der Waals surface area contributed by atoms with E-state index in [0.29, 0.717) is 5.69 Å². The van der Waals surface area contributed by atoms with Crippen LogP contribution in [0.3, 0.4) is 0 Å². The Bertz CT molecular complexity index is 1190. The molecule has 0 saturated heterocycles. The van der Waals surface area contributed by atoms with E-state index in [4.69, 9.17) is 4.74 Å². The molecule has 0 bridgehead atoms. The zero-order valence-corrected chi connectivity index (χ0v) is 19.1. The highest BCUT2D eigenvalue weighted by Crippen LogP contribution is 2.44. The second-order valence-electron chi connectivity index (χ2n) is 8.25. The number of carbonyl (C=O) groups is 3. The largest absolute Gasteiger partial charge is 0.480 e. The lowest BCUT2D eigenvalue weighted by molar-refractivity contribution is -0.149. The van der Waals surface area contributed by atoms with E-state index in [9.17, 15) is 19.5 Å². The first-order chi connectivity index (χ1) is 16.3. The van der Waals surface area contributed by atoms with Gasteiger partial charge in [0.25, 0.3) is 5.91 Å². The quantitative estimate of drug-likeness (QED) is 0.558. The molecule has 1 aromatic heterocycles. The molecule has 2 aromatic carbocycles. The summed E-state index contributed by atoms with van der Waals surface area (Å²) in [5.74, 6) is -1.87. The van der Waals surface area contributed by atoms with Gasteiger partial charge in [0.15, 0.2) is 6.04 Å². The molecule has 1 aliphatic rings. The number of rotatable bonds is 7. The Morgan fingerprint density at radius 2 is 1.68 bits per heavy atom. The normalized spacial score (nSPS) is 14.0. The summed E-state index contributed by atoms with van der Waals surface area (Å²) in [6, 6.07) is 15.3. The second kappa shape index (κ2) is 9.38. The summed E-state index contributed by atoms with van der Waals surface area (Å²) in [6.07, 6.45) is 0.716. The Kier molecular flexibility index (Phi) is 6.36. The van der Waals surface area contributed by atoms with Gasteiger partial charge in [-0.15, -0.1) is 0 Å². The number of likely N-dealkylation sites (N-methyl/N-ethyl adjacent to an activating group) is 1. The Morgan fingerprint density at radius 3 is 2.21 bits per heavy atom. The summed E-state index contributed by atoms with van der Waals surface area (Å²) < 4.78 is 7.03. The lowest BCUT2D eigenvalue weighted by Crippen LogP contribution is -2.47. The van der Waals surface area contributed by atoms with E-state index < -0.39 is 30.1 Å². The fraction of sp³-hybridized carbons (Fsp3) is 0.280. The number of amides is 2. The number of hydrogen-bond donors (Lipinski definition) is 2. The third-order valence-corrected chi connectivity index (χ3v) is 6.29.